The van der Waals surface area contributed by atoms with Gasteiger partial charge in [-0.15, -0.1) is 0 Å². The van der Waals surface area contributed by atoms with Crippen LogP contribution in [0.5, 0.6) is 0 Å². The van der Waals surface area contributed by atoms with Gasteiger partial charge in [0.1, 0.15) is 0 Å². The van der Waals surface area contributed by atoms with Gasteiger partial charge < -0.3 is 4.57 Å². The first-order valence-corrected chi connectivity index (χ1v) is 4.51. The van der Waals surface area contributed by atoms with E-state index < -0.39 is 0 Å². The maximum absolute atomic E-state index is 4.00. The van der Waals surface area contributed by atoms with Crippen molar-refractivity contribution in [3.63, 3.8) is 0 Å². The molecule has 0 amide bonds. The van der Waals surface area contributed by atoms with Gasteiger partial charge in [0.05, 0.1) is 6.33 Å². The summed E-state index contributed by atoms with van der Waals surface area (Å²) in [5.41, 5.74) is 3.38. The first-order chi connectivity index (χ1) is 6.77. The fourth-order valence-electron chi connectivity index (χ4n) is 1.33. The van der Waals surface area contributed by atoms with E-state index in [1.54, 1.807) is 12.5 Å². The highest BCUT2D eigenvalue weighted by atomic mass is 15.0. The Morgan fingerprint density at radius 2 is 2.00 bits per heavy atom. The van der Waals surface area contributed by atoms with Crippen LogP contribution in [-0.4, -0.2) is 9.55 Å². The van der Waals surface area contributed by atoms with Gasteiger partial charge in [0.15, 0.2) is 0 Å². The zero-order valence-corrected chi connectivity index (χ0v) is 8.14. The Kier molecular flexibility index (Phi) is 2.19. The predicted molar refractivity (Wildman–Crippen MR) is 58.3 cm³/mol. The van der Waals surface area contributed by atoms with Gasteiger partial charge in [-0.05, 0) is 24.6 Å². The Hall–Kier alpha value is -1.83. The molecular weight excluding hydrogens is 172 g/mol. The van der Waals surface area contributed by atoms with Crippen molar-refractivity contribution in [3.05, 3.63) is 55.1 Å². The second-order valence-electron chi connectivity index (χ2n) is 3.30. The maximum Gasteiger partial charge on any atom is 0.0991 e. The van der Waals surface area contributed by atoms with Crippen LogP contribution < -0.4 is 0 Å². The second-order valence-corrected chi connectivity index (χ2v) is 3.30. The number of aromatic nitrogens is 2. The fourth-order valence-corrected chi connectivity index (χ4v) is 1.33. The van der Waals surface area contributed by atoms with Gasteiger partial charge in [-0.1, -0.05) is 24.3 Å². The van der Waals surface area contributed by atoms with Crippen LogP contribution in [0.2, 0.25) is 0 Å². The third kappa shape index (κ3) is 1.59. The van der Waals surface area contributed by atoms with E-state index in [-0.39, 0.29) is 0 Å². The van der Waals surface area contributed by atoms with Crippen LogP contribution in [0, 0.1) is 0 Å². The number of benzene rings is 1. The topological polar surface area (TPSA) is 17.8 Å². The molecule has 1 aromatic carbocycles. The van der Waals surface area contributed by atoms with E-state index in [2.05, 4.69) is 35.8 Å². The molecule has 14 heavy (non-hydrogen) atoms. The van der Waals surface area contributed by atoms with Crippen LogP contribution in [0.15, 0.2) is 49.6 Å². The number of allylic oxidation sites excluding steroid dienone is 1. The zero-order chi connectivity index (χ0) is 9.97. The molecule has 0 aliphatic rings. The monoisotopic (exact) mass is 184 g/mol. The van der Waals surface area contributed by atoms with Gasteiger partial charge in [-0.2, -0.15) is 0 Å². The van der Waals surface area contributed by atoms with E-state index in [0.717, 1.165) is 11.3 Å². The van der Waals surface area contributed by atoms with Crippen LogP contribution >= 0.6 is 0 Å². The Morgan fingerprint density at radius 3 is 2.50 bits per heavy atom. The van der Waals surface area contributed by atoms with Crippen LogP contribution in [0.3, 0.4) is 0 Å². The summed E-state index contributed by atoms with van der Waals surface area (Å²) in [6, 6.07) is 8.26. The van der Waals surface area contributed by atoms with Crippen molar-refractivity contribution in [1.82, 2.24) is 9.55 Å². The fraction of sp³-hybridized carbons (Fsp3) is 0.0833. The summed E-state index contributed by atoms with van der Waals surface area (Å²) >= 11 is 0. The van der Waals surface area contributed by atoms with E-state index in [1.807, 2.05) is 17.7 Å². The summed E-state index contributed by atoms with van der Waals surface area (Å²) in [5, 5.41) is 0. The molecule has 2 aromatic rings. The van der Waals surface area contributed by atoms with Crippen molar-refractivity contribution >= 4 is 5.57 Å². The highest BCUT2D eigenvalue weighted by Crippen LogP contribution is 2.14. The van der Waals surface area contributed by atoms with Crippen molar-refractivity contribution in [2.75, 3.05) is 0 Å². The predicted octanol–water partition coefficient (Wildman–Crippen LogP) is 2.91. The molecule has 0 saturated carbocycles. The summed E-state index contributed by atoms with van der Waals surface area (Å²) in [6.07, 6.45) is 5.48. The summed E-state index contributed by atoms with van der Waals surface area (Å²) in [5.74, 6) is 0. The lowest BCUT2D eigenvalue weighted by molar-refractivity contribution is 1.06. The van der Waals surface area contributed by atoms with Crippen molar-refractivity contribution in [3.8, 4) is 5.69 Å². The average Bonchev–Trinajstić information content (AvgIpc) is 2.71. The molecule has 70 valence electrons. The van der Waals surface area contributed by atoms with Crippen LogP contribution in [0.1, 0.15) is 12.5 Å². The van der Waals surface area contributed by atoms with Crippen molar-refractivity contribution < 1.29 is 0 Å². The minimum absolute atomic E-state index is 1.09. The molecule has 0 spiro atoms. The Labute approximate surface area is 83.5 Å². The van der Waals surface area contributed by atoms with E-state index in [1.165, 1.54) is 5.56 Å². The number of hydrogen-bond acceptors (Lipinski definition) is 1. The zero-order valence-electron chi connectivity index (χ0n) is 8.14. The van der Waals surface area contributed by atoms with Gasteiger partial charge >= 0.3 is 0 Å². The first kappa shape index (κ1) is 8.75. The van der Waals surface area contributed by atoms with E-state index in [9.17, 15) is 0 Å². The molecule has 1 heterocycles. The number of nitrogens with zero attached hydrogens (tertiary/aromatic N) is 2. The lowest BCUT2D eigenvalue weighted by Crippen LogP contribution is -1.89. The first-order valence-electron chi connectivity index (χ1n) is 4.51. The minimum Gasteiger partial charge on any atom is -0.306 e. The summed E-state index contributed by atoms with van der Waals surface area (Å²) in [7, 11) is 0. The van der Waals surface area contributed by atoms with Crippen molar-refractivity contribution in [1.29, 1.82) is 0 Å². The normalized spacial score (nSPS) is 10.1. The molecular formula is C12H12N2. The maximum atomic E-state index is 4.00. The summed E-state index contributed by atoms with van der Waals surface area (Å²) in [6.45, 7) is 5.90. The average molecular weight is 184 g/mol. The molecule has 1 aromatic heterocycles. The highest BCUT2D eigenvalue weighted by molar-refractivity contribution is 5.62. The Bertz CT molecular complexity index is 424. The molecule has 0 radical (unpaired) electrons. The van der Waals surface area contributed by atoms with Crippen molar-refractivity contribution in [2.45, 2.75) is 6.92 Å². The third-order valence-electron chi connectivity index (χ3n) is 2.16. The summed E-state index contributed by atoms with van der Waals surface area (Å²) in [4.78, 5) is 4.00. The van der Waals surface area contributed by atoms with Crippen molar-refractivity contribution in [2.24, 2.45) is 0 Å². The smallest absolute Gasteiger partial charge is 0.0991 e. The molecule has 2 heteroatoms. The van der Waals surface area contributed by atoms with Gasteiger partial charge in [0.25, 0.3) is 0 Å². The molecule has 2 nitrogen and oxygen atoms in total. The van der Waals surface area contributed by atoms with Gasteiger partial charge in [-0.3, -0.25) is 0 Å². The molecule has 0 saturated heterocycles. The van der Waals surface area contributed by atoms with Gasteiger partial charge in [-0.25, -0.2) is 4.98 Å². The third-order valence-corrected chi connectivity index (χ3v) is 2.16. The Balaban J connectivity index is 2.36. The molecule has 0 aliphatic heterocycles. The van der Waals surface area contributed by atoms with Crippen LogP contribution in [0.4, 0.5) is 0 Å². The molecule has 0 unspecified atom stereocenters. The molecule has 2 rings (SSSR count). The highest BCUT2D eigenvalue weighted by Gasteiger charge is 1.96. The second kappa shape index (κ2) is 3.50. The number of hydrogen-bond donors (Lipinski definition) is 0. The van der Waals surface area contributed by atoms with E-state index in [4.69, 9.17) is 0 Å². The quantitative estimate of drug-likeness (QED) is 0.701. The molecule has 0 fully saturated rings. The lowest BCUT2D eigenvalue weighted by atomic mass is 10.1. The number of rotatable bonds is 2. The molecule has 0 atom stereocenters. The minimum atomic E-state index is 1.09. The van der Waals surface area contributed by atoms with E-state index >= 15 is 0 Å². The molecule has 0 bridgehead atoms. The Morgan fingerprint density at radius 1 is 1.29 bits per heavy atom. The standard InChI is InChI=1S/C12H12N2/c1-10(2)11-3-5-12(6-4-11)14-8-7-13-9-14/h3-9H,1H2,2H3. The SMILES string of the molecule is C=C(C)c1ccc(-n2ccnc2)cc1. The van der Waals surface area contributed by atoms with Gasteiger partial charge in [0.2, 0.25) is 0 Å². The van der Waals surface area contributed by atoms with Gasteiger partial charge in [0, 0.05) is 18.1 Å². The molecule has 0 N–H and O–H groups in total. The molecule has 0 aliphatic carbocycles. The lowest BCUT2D eigenvalue weighted by Gasteiger charge is -2.03. The number of imidazole rings is 1. The van der Waals surface area contributed by atoms with E-state index in [0.29, 0.717) is 0 Å². The van der Waals surface area contributed by atoms with Crippen LogP contribution in [-0.2, 0) is 0 Å². The summed E-state index contributed by atoms with van der Waals surface area (Å²) < 4.78 is 1.97. The largest absolute Gasteiger partial charge is 0.306 e. The van der Waals surface area contributed by atoms with Crippen LogP contribution in [0.25, 0.3) is 11.3 Å².